The van der Waals surface area contributed by atoms with Crippen molar-refractivity contribution in [1.82, 2.24) is 10.2 Å². The summed E-state index contributed by atoms with van der Waals surface area (Å²) in [6.45, 7) is 1.54. The average molecular weight is 783 g/mol. The summed E-state index contributed by atoms with van der Waals surface area (Å²) in [6, 6.07) is 24.0. The number of amides is 2. The number of ether oxygens (including phenoxy) is 3. The van der Waals surface area contributed by atoms with E-state index in [1.54, 1.807) is 42.5 Å². The van der Waals surface area contributed by atoms with E-state index in [2.05, 4.69) is 5.32 Å². The Morgan fingerprint density at radius 1 is 0.868 bits per heavy atom. The zero-order valence-electron chi connectivity index (χ0n) is 30.1. The Kier molecular flexibility index (Phi) is 13.9. The van der Waals surface area contributed by atoms with E-state index in [1.807, 2.05) is 37.3 Å². The molecule has 0 heterocycles. The van der Waals surface area contributed by atoms with Gasteiger partial charge in [-0.2, -0.15) is 0 Å². The van der Waals surface area contributed by atoms with Gasteiger partial charge in [-0.15, -0.1) is 0 Å². The van der Waals surface area contributed by atoms with Crippen LogP contribution in [0.3, 0.4) is 0 Å². The number of carbonyl (C=O) groups is 2. The van der Waals surface area contributed by atoms with Crippen LogP contribution in [0.5, 0.6) is 17.2 Å². The molecule has 1 saturated carbocycles. The topological polar surface area (TPSA) is 114 Å². The lowest BCUT2D eigenvalue weighted by molar-refractivity contribution is -0.140. The molecule has 2 amide bonds. The number of hydrogen-bond acceptors (Lipinski definition) is 7. The van der Waals surface area contributed by atoms with Crippen LogP contribution in [0, 0.1) is 0 Å². The molecule has 1 N–H and O–H groups in total. The number of nitrogens with one attached hydrogen (secondary N) is 1. The van der Waals surface area contributed by atoms with Gasteiger partial charge in [0, 0.05) is 35.1 Å². The van der Waals surface area contributed by atoms with Crippen molar-refractivity contribution in [2.75, 3.05) is 31.7 Å². The Bertz CT molecular complexity index is 1960. The molecule has 4 aromatic rings. The third-order valence-corrected chi connectivity index (χ3v) is 11.6. The van der Waals surface area contributed by atoms with Crippen molar-refractivity contribution in [3.05, 3.63) is 112 Å². The maximum atomic E-state index is 14.9. The van der Waals surface area contributed by atoms with Crippen LogP contribution in [0.25, 0.3) is 0 Å². The van der Waals surface area contributed by atoms with Gasteiger partial charge >= 0.3 is 0 Å². The van der Waals surface area contributed by atoms with Gasteiger partial charge in [0.25, 0.3) is 10.0 Å². The number of anilines is 1. The van der Waals surface area contributed by atoms with Crippen molar-refractivity contribution in [3.63, 3.8) is 0 Å². The van der Waals surface area contributed by atoms with Crippen molar-refractivity contribution in [1.29, 1.82) is 0 Å². The molecule has 1 aliphatic rings. The van der Waals surface area contributed by atoms with E-state index in [9.17, 15) is 18.0 Å². The number of methoxy groups -OCH3 is 2. The number of hydrogen-bond donors (Lipinski definition) is 1. The molecule has 0 radical (unpaired) electrons. The normalized spacial score (nSPS) is 13.8. The molecule has 0 aromatic heterocycles. The minimum absolute atomic E-state index is 0.0311. The van der Waals surface area contributed by atoms with E-state index in [0.29, 0.717) is 33.7 Å². The van der Waals surface area contributed by atoms with Gasteiger partial charge in [0.05, 0.1) is 31.4 Å². The second kappa shape index (κ2) is 18.5. The number of rotatable bonds is 16. The molecule has 1 aliphatic carbocycles. The van der Waals surface area contributed by atoms with Crippen LogP contribution in [0.1, 0.15) is 50.2 Å². The molecule has 5 rings (SSSR count). The van der Waals surface area contributed by atoms with E-state index in [-0.39, 0.29) is 41.2 Å². The first kappa shape index (κ1) is 39.8. The first-order valence-electron chi connectivity index (χ1n) is 17.6. The van der Waals surface area contributed by atoms with E-state index >= 15 is 0 Å². The van der Waals surface area contributed by atoms with Gasteiger partial charge in [0.15, 0.2) is 11.5 Å². The fourth-order valence-corrected chi connectivity index (χ4v) is 8.34. The van der Waals surface area contributed by atoms with E-state index in [0.717, 1.165) is 42.0 Å². The van der Waals surface area contributed by atoms with Crippen LogP contribution >= 0.6 is 23.2 Å². The fourth-order valence-electron chi connectivity index (χ4n) is 6.44. The minimum atomic E-state index is -4.41. The van der Waals surface area contributed by atoms with E-state index < -0.39 is 28.5 Å². The molecule has 13 heteroatoms. The molecular weight excluding hydrogens is 737 g/mol. The highest BCUT2D eigenvalue weighted by molar-refractivity contribution is 7.92. The summed E-state index contributed by atoms with van der Waals surface area (Å²) in [5.41, 5.74) is 1.59. The van der Waals surface area contributed by atoms with Crippen molar-refractivity contribution in [3.8, 4) is 17.2 Å². The number of halogens is 2. The Labute approximate surface area is 322 Å². The summed E-state index contributed by atoms with van der Waals surface area (Å²) in [6.07, 6.45) is 4.98. The van der Waals surface area contributed by atoms with Gasteiger partial charge in [-0.05, 0) is 79.4 Å². The first-order chi connectivity index (χ1) is 25.5. The molecule has 0 bridgehead atoms. The van der Waals surface area contributed by atoms with Crippen LogP contribution in [-0.2, 0) is 32.6 Å². The lowest BCUT2D eigenvalue weighted by atomic mass is 9.94. The van der Waals surface area contributed by atoms with Gasteiger partial charge in [-0.25, -0.2) is 8.42 Å². The number of sulfonamides is 1. The molecule has 0 saturated heterocycles. The summed E-state index contributed by atoms with van der Waals surface area (Å²) >= 11 is 12.9. The standard InChI is InChI=1S/C40H45Cl2N3O7S/c1-4-52-33-19-17-32(18-20-33)45(53(48,49)34-21-22-37(50-2)38(25-34)51-3)27-39(46)44(26-29-15-16-30(41)24-35(29)42)36(23-28-11-7-5-8-12-28)40(47)43-31-13-9-6-10-14-31/h5,7-8,11-12,15-22,24-25,31,36H,4,6,9-10,13-14,23,26-27H2,1-3H3,(H,43,47)/t36-/m1/s1. The average Bonchev–Trinajstić information content (AvgIpc) is 3.16. The maximum absolute atomic E-state index is 14.9. The highest BCUT2D eigenvalue weighted by Crippen LogP contribution is 2.33. The van der Waals surface area contributed by atoms with Gasteiger partial charge in [0.2, 0.25) is 11.8 Å². The molecule has 10 nitrogen and oxygen atoms in total. The predicted octanol–water partition coefficient (Wildman–Crippen LogP) is 7.69. The Balaban J connectivity index is 1.60. The molecule has 0 aliphatic heterocycles. The summed E-state index contributed by atoms with van der Waals surface area (Å²) in [4.78, 5) is 30.6. The van der Waals surface area contributed by atoms with Crippen molar-refractivity contribution in [2.24, 2.45) is 0 Å². The van der Waals surface area contributed by atoms with Gasteiger partial charge in [-0.3, -0.25) is 13.9 Å². The quantitative estimate of drug-likeness (QED) is 0.124. The molecule has 282 valence electrons. The van der Waals surface area contributed by atoms with Crippen LogP contribution in [0.4, 0.5) is 5.69 Å². The number of carbonyl (C=O) groups excluding carboxylic acids is 2. The van der Waals surface area contributed by atoms with Crippen LogP contribution in [-0.4, -0.2) is 64.6 Å². The fraction of sp³-hybridized carbons (Fsp3) is 0.350. The number of nitrogens with zero attached hydrogens (tertiary/aromatic N) is 2. The molecule has 1 atom stereocenters. The highest BCUT2D eigenvalue weighted by Gasteiger charge is 2.36. The minimum Gasteiger partial charge on any atom is -0.494 e. The van der Waals surface area contributed by atoms with Gasteiger partial charge in [-0.1, -0.05) is 78.9 Å². The molecule has 0 spiro atoms. The zero-order valence-corrected chi connectivity index (χ0v) is 32.4. The second-order valence-corrected chi connectivity index (χ2v) is 15.5. The Morgan fingerprint density at radius 3 is 2.21 bits per heavy atom. The van der Waals surface area contributed by atoms with Crippen molar-refractivity contribution in [2.45, 2.75) is 69.0 Å². The van der Waals surface area contributed by atoms with Gasteiger partial charge < -0.3 is 24.4 Å². The van der Waals surface area contributed by atoms with E-state index in [1.165, 1.54) is 37.3 Å². The van der Waals surface area contributed by atoms with E-state index in [4.69, 9.17) is 37.4 Å². The maximum Gasteiger partial charge on any atom is 0.264 e. The second-order valence-electron chi connectivity index (χ2n) is 12.8. The lowest BCUT2D eigenvalue weighted by Crippen LogP contribution is -2.55. The van der Waals surface area contributed by atoms with Crippen molar-refractivity contribution < 1.29 is 32.2 Å². The molecule has 53 heavy (non-hydrogen) atoms. The van der Waals surface area contributed by atoms with Crippen molar-refractivity contribution >= 4 is 50.7 Å². The molecular formula is C40H45Cl2N3O7S. The predicted molar refractivity (Wildman–Crippen MR) is 208 cm³/mol. The van der Waals surface area contributed by atoms with Crippen LogP contribution in [0.15, 0.2) is 95.9 Å². The SMILES string of the molecule is CCOc1ccc(N(CC(=O)N(Cc2ccc(Cl)cc2Cl)[C@H](Cc2ccccc2)C(=O)NC2CCCCC2)S(=O)(=O)c2ccc(OC)c(OC)c2)cc1. The molecule has 1 fully saturated rings. The van der Waals surface area contributed by atoms with Crippen LogP contribution < -0.4 is 23.8 Å². The highest BCUT2D eigenvalue weighted by atomic mass is 35.5. The van der Waals surface area contributed by atoms with Crippen LogP contribution in [0.2, 0.25) is 10.0 Å². The summed E-state index contributed by atoms with van der Waals surface area (Å²) in [5, 5.41) is 3.93. The largest absolute Gasteiger partial charge is 0.494 e. The molecule has 4 aromatic carbocycles. The third kappa shape index (κ3) is 10.2. The summed E-state index contributed by atoms with van der Waals surface area (Å²) < 4.78 is 46.6. The van der Waals surface area contributed by atoms with Gasteiger partial charge in [0.1, 0.15) is 18.3 Å². The third-order valence-electron chi connectivity index (χ3n) is 9.24. The first-order valence-corrected chi connectivity index (χ1v) is 19.8. The smallest absolute Gasteiger partial charge is 0.264 e. The summed E-state index contributed by atoms with van der Waals surface area (Å²) in [7, 11) is -1.55. The number of benzene rings is 4. The molecule has 0 unspecified atom stereocenters. The zero-order chi connectivity index (χ0) is 38.0. The Morgan fingerprint density at radius 2 is 1.57 bits per heavy atom. The lowest BCUT2D eigenvalue weighted by Gasteiger charge is -2.35. The summed E-state index contributed by atoms with van der Waals surface area (Å²) in [5.74, 6) is 0.136. The monoisotopic (exact) mass is 781 g/mol. The Hall–Kier alpha value is -4.45.